The van der Waals surface area contributed by atoms with E-state index in [1.54, 1.807) is 7.11 Å². The highest BCUT2D eigenvalue weighted by Gasteiger charge is 2.44. The molecule has 3 atom stereocenters. The summed E-state index contributed by atoms with van der Waals surface area (Å²) in [7, 11) is 1.71. The first-order chi connectivity index (χ1) is 10.7. The van der Waals surface area contributed by atoms with E-state index in [0.717, 1.165) is 18.6 Å². The van der Waals surface area contributed by atoms with E-state index in [9.17, 15) is 4.79 Å². The second-order valence-corrected chi connectivity index (χ2v) is 5.94. The maximum atomic E-state index is 12.5. The molecule has 5 nitrogen and oxygen atoms in total. The van der Waals surface area contributed by atoms with Crippen molar-refractivity contribution in [2.24, 2.45) is 0 Å². The standard InChI is InChI=1S/C17H23NO4/c1-12-3-5-13(6-4-12)22-11-16(19)18-9-7-15(20-2)17-14(18)8-10-21-17/h3-6,14-15,17H,7-11H2,1-2H3/t14-,15-,17-/m1/s1. The third-order valence-electron chi connectivity index (χ3n) is 4.53. The van der Waals surface area contributed by atoms with Gasteiger partial charge in [0.2, 0.25) is 0 Å². The summed E-state index contributed by atoms with van der Waals surface area (Å²) < 4.78 is 16.9. The van der Waals surface area contributed by atoms with Crippen molar-refractivity contribution in [3.05, 3.63) is 29.8 Å². The third-order valence-corrected chi connectivity index (χ3v) is 4.53. The predicted molar refractivity (Wildman–Crippen MR) is 81.9 cm³/mol. The maximum absolute atomic E-state index is 12.5. The lowest BCUT2D eigenvalue weighted by Crippen LogP contribution is -2.56. The number of benzene rings is 1. The van der Waals surface area contributed by atoms with Crippen LogP contribution < -0.4 is 4.74 Å². The van der Waals surface area contributed by atoms with Gasteiger partial charge in [-0.25, -0.2) is 0 Å². The summed E-state index contributed by atoms with van der Waals surface area (Å²) >= 11 is 0. The number of hydrogen-bond acceptors (Lipinski definition) is 4. The normalized spacial score (nSPS) is 27.5. The lowest BCUT2D eigenvalue weighted by molar-refractivity contribution is -0.145. The Balaban J connectivity index is 1.59. The quantitative estimate of drug-likeness (QED) is 0.851. The Morgan fingerprint density at radius 1 is 1.32 bits per heavy atom. The van der Waals surface area contributed by atoms with E-state index in [-0.39, 0.29) is 30.8 Å². The van der Waals surface area contributed by atoms with Crippen LogP contribution in [-0.4, -0.2) is 55.9 Å². The number of rotatable bonds is 4. The van der Waals surface area contributed by atoms with Gasteiger partial charge in [-0.1, -0.05) is 17.7 Å². The van der Waals surface area contributed by atoms with Gasteiger partial charge in [0.25, 0.3) is 5.91 Å². The van der Waals surface area contributed by atoms with Crippen LogP contribution in [0, 0.1) is 6.92 Å². The molecule has 0 aromatic heterocycles. The minimum absolute atomic E-state index is 0.00192. The van der Waals surface area contributed by atoms with Crippen molar-refractivity contribution in [1.29, 1.82) is 0 Å². The summed E-state index contributed by atoms with van der Waals surface area (Å²) in [6.07, 6.45) is 1.78. The first-order valence-corrected chi connectivity index (χ1v) is 7.82. The molecule has 0 spiro atoms. The van der Waals surface area contributed by atoms with Crippen molar-refractivity contribution in [3.8, 4) is 5.75 Å². The molecule has 0 saturated carbocycles. The number of aryl methyl sites for hydroxylation is 1. The topological polar surface area (TPSA) is 48.0 Å². The van der Waals surface area contributed by atoms with E-state index in [1.807, 2.05) is 36.1 Å². The van der Waals surface area contributed by atoms with Crippen LogP contribution in [0.15, 0.2) is 24.3 Å². The number of carbonyl (C=O) groups is 1. The molecule has 3 rings (SSSR count). The number of carbonyl (C=O) groups excluding carboxylic acids is 1. The molecule has 1 amide bonds. The highest BCUT2D eigenvalue weighted by atomic mass is 16.5. The third kappa shape index (κ3) is 3.10. The first-order valence-electron chi connectivity index (χ1n) is 7.82. The molecule has 0 radical (unpaired) electrons. The highest BCUT2D eigenvalue weighted by molar-refractivity contribution is 5.78. The maximum Gasteiger partial charge on any atom is 0.260 e. The van der Waals surface area contributed by atoms with Gasteiger partial charge in [0.15, 0.2) is 6.61 Å². The molecule has 5 heteroatoms. The van der Waals surface area contributed by atoms with Crippen LogP contribution in [0.2, 0.25) is 0 Å². The summed E-state index contributed by atoms with van der Waals surface area (Å²) in [5, 5.41) is 0. The number of nitrogens with zero attached hydrogens (tertiary/aromatic N) is 1. The summed E-state index contributed by atoms with van der Waals surface area (Å²) in [6, 6.07) is 7.85. The molecule has 2 aliphatic rings. The van der Waals surface area contributed by atoms with E-state index in [2.05, 4.69) is 0 Å². The molecule has 0 unspecified atom stereocenters. The van der Waals surface area contributed by atoms with E-state index in [4.69, 9.17) is 14.2 Å². The van der Waals surface area contributed by atoms with E-state index in [0.29, 0.717) is 13.2 Å². The molecule has 22 heavy (non-hydrogen) atoms. The van der Waals surface area contributed by atoms with E-state index in [1.165, 1.54) is 5.56 Å². The Kier molecular flexibility index (Phi) is 4.64. The second-order valence-electron chi connectivity index (χ2n) is 5.94. The minimum atomic E-state index is 0.00192. The van der Waals surface area contributed by atoms with Crippen molar-refractivity contribution in [1.82, 2.24) is 4.90 Å². The molecule has 0 aliphatic carbocycles. The van der Waals surface area contributed by atoms with Crippen molar-refractivity contribution in [2.75, 3.05) is 26.9 Å². The Hall–Kier alpha value is -1.59. The van der Waals surface area contributed by atoms with E-state index < -0.39 is 0 Å². The molecule has 1 aromatic carbocycles. The fraction of sp³-hybridized carbons (Fsp3) is 0.588. The number of amides is 1. The van der Waals surface area contributed by atoms with Gasteiger partial charge < -0.3 is 19.1 Å². The second kappa shape index (κ2) is 6.67. The fourth-order valence-electron chi connectivity index (χ4n) is 3.31. The Bertz CT molecular complexity index is 516. The molecule has 0 N–H and O–H groups in total. The Morgan fingerprint density at radius 2 is 2.09 bits per heavy atom. The average Bonchev–Trinajstić information content (AvgIpc) is 3.02. The zero-order chi connectivity index (χ0) is 15.5. The Labute approximate surface area is 131 Å². The smallest absolute Gasteiger partial charge is 0.260 e. The molecule has 1 aromatic rings. The van der Waals surface area contributed by atoms with Crippen molar-refractivity contribution >= 4 is 5.91 Å². The lowest BCUT2D eigenvalue weighted by atomic mass is 9.95. The van der Waals surface area contributed by atoms with Gasteiger partial charge in [-0.2, -0.15) is 0 Å². The number of hydrogen-bond donors (Lipinski definition) is 0. The first kappa shape index (κ1) is 15.3. The number of piperidine rings is 1. The molecule has 0 bridgehead atoms. The van der Waals surface area contributed by atoms with Crippen LogP contribution >= 0.6 is 0 Å². The molecule has 120 valence electrons. The summed E-state index contributed by atoms with van der Waals surface area (Å²) in [4.78, 5) is 14.4. The van der Waals surface area contributed by atoms with Crippen LogP contribution in [0.3, 0.4) is 0 Å². The number of likely N-dealkylation sites (tertiary alicyclic amines) is 1. The van der Waals surface area contributed by atoms with Gasteiger partial charge in [0.05, 0.1) is 12.1 Å². The largest absolute Gasteiger partial charge is 0.484 e. The van der Waals surface area contributed by atoms with E-state index >= 15 is 0 Å². The van der Waals surface area contributed by atoms with Gasteiger partial charge in [-0.15, -0.1) is 0 Å². The van der Waals surface area contributed by atoms with Crippen LogP contribution in [0.5, 0.6) is 5.75 Å². The zero-order valence-corrected chi connectivity index (χ0v) is 13.2. The molecular weight excluding hydrogens is 282 g/mol. The minimum Gasteiger partial charge on any atom is -0.484 e. The summed E-state index contributed by atoms with van der Waals surface area (Å²) in [5.41, 5.74) is 1.17. The Morgan fingerprint density at radius 3 is 2.82 bits per heavy atom. The van der Waals surface area contributed by atoms with Crippen LogP contribution in [0.1, 0.15) is 18.4 Å². The van der Waals surface area contributed by atoms with Crippen LogP contribution in [-0.2, 0) is 14.3 Å². The van der Waals surface area contributed by atoms with Crippen molar-refractivity contribution in [3.63, 3.8) is 0 Å². The molecular formula is C17H23NO4. The van der Waals surface area contributed by atoms with Gasteiger partial charge in [0.1, 0.15) is 11.9 Å². The summed E-state index contributed by atoms with van der Waals surface area (Å²) in [5.74, 6) is 0.751. The van der Waals surface area contributed by atoms with Gasteiger partial charge in [0, 0.05) is 20.3 Å². The fourth-order valence-corrected chi connectivity index (χ4v) is 3.31. The lowest BCUT2D eigenvalue weighted by Gasteiger charge is -2.40. The van der Waals surface area contributed by atoms with Gasteiger partial charge in [-0.05, 0) is 31.9 Å². The van der Waals surface area contributed by atoms with Crippen LogP contribution in [0.25, 0.3) is 0 Å². The number of fused-ring (bicyclic) bond motifs is 1. The molecule has 2 fully saturated rings. The monoisotopic (exact) mass is 305 g/mol. The van der Waals surface area contributed by atoms with Gasteiger partial charge >= 0.3 is 0 Å². The number of methoxy groups -OCH3 is 1. The average molecular weight is 305 g/mol. The van der Waals surface area contributed by atoms with Crippen molar-refractivity contribution < 1.29 is 19.0 Å². The van der Waals surface area contributed by atoms with Crippen molar-refractivity contribution in [2.45, 2.75) is 38.0 Å². The number of ether oxygens (including phenoxy) is 3. The summed E-state index contributed by atoms with van der Waals surface area (Å²) in [6.45, 7) is 3.50. The predicted octanol–water partition coefficient (Wildman–Crippen LogP) is 1.78. The van der Waals surface area contributed by atoms with Crippen LogP contribution in [0.4, 0.5) is 0 Å². The van der Waals surface area contributed by atoms with Gasteiger partial charge in [-0.3, -0.25) is 4.79 Å². The molecule has 2 aliphatic heterocycles. The highest BCUT2D eigenvalue weighted by Crippen LogP contribution is 2.30. The zero-order valence-electron chi connectivity index (χ0n) is 13.2. The molecule has 2 saturated heterocycles. The molecule has 2 heterocycles. The SMILES string of the molecule is CO[C@@H]1CCN(C(=O)COc2ccc(C)cc2)[C@@H]2CCO[C@H]21.